The molecule has 1 aromatic heterocycles. The van der Waals surface area contributed by atoms with Crippen LogP contribution in [-0.2, 0) is 6.61 Å². The number of piperazine rings is 1. The van der Waals surface area contributed by atoms with Gasteiger partial charge in [-0.2, -0.15) is 5.10 Å². The SMILES string of the molecule is O=C(c1[nH]nc2c1COc1ccccc1-2)N1CCN2CCC23CC[C@H]13. The van der Waals surface area contributed by atoms with Crippen LogP contribution in [0.4, 0.5) is 0 Å². The Morgan fingerprint density at radius 2 is 2.16 bits per heavy atom. The van der Waals surface area contributed by atoms with Gasteiger partial charge in [0.25, 0.3) is 5.91 Å². The number of nitrogens with zero attached hydrogens (tertiary/aromatic N) is 3. The molecule has 25 heavy (non-hydrogen) atoms. The van der Waals surface area contributed by atoms with Gasteiger partial charge in [0.2, 0.25) is 0 Å². The Hall–Kier alpha value is -2.34. The summed E-state index contributed by atoms with van der Waals surface area (Å²) >= 11 is 0. The second-order valence-corrected chi connectivity index (χ2v) is 7.60. The molecule has 128 valence electrons. The van der Waals surface area contributed by atoms with Crippen molar-refractivity contribution >= 4 is 5.91 Å². The van der Waals surface area contributed by atoms with E-state index in [1.807, 2.05) is 24.3 Å². The van der Waals surface area contributed by atoms with E-state index in [0.29, 0.717) is 18.3 Å². The third-order valence-corrected chi connectivity index (χ3v) is 6.76. The van der Waals surface area contributed by atoms with Crippen molar-refractivity contribution in [2.75, 3.05) is 19.6 Å². The topological polar surface area (TPSA) is 61.5 Å². The number of fused-ring (bicyclic) bond motifs is 3. The predicted molar refractivity (Wildman–Crippen MR) is 91.3 cm³/mol. The van der Waals surface area contributed by atoms with E-state index in [4.69, 9.17) is 4.74 Å². The second-order valence-electron chi connectivity index (χ2n) is 7.60. The van der Waals surface area contributed by atoms with Crippen LogP contribution in [0.15, 0.2) is 24.3 Å². The largest absolute Gasteiger partial charge is 0.488 e. The standard InChI is InChI=1S/C19H20N4O2/c24-18(23-10-9-22-8-7-19(22)6-5-15(19)23)17-13-11-25-14-4-2-1-3-12(14)16(13)20-21-17/h1-4,15H,5-11H2,(H,20,21)/t15-,19?/m0/s1. The van der Waals surface area contributed by atoms with Crippen LogP contribution in [0.5, 0.6) is 5.75 Å². The summed E-state index contributed by atoms with van der Waals surface area (Å²) in [7, 11) is 0. The average Bonchev–Trinajstić information content (AvgIpc) is 3.02. The van der Waals surface area contributed by atoms with Crippen molar-refractivity contribution < 1.29 is 9.53 Å². The lowest BCUT2D eigenvalue weighted by molar-refractivity contribution is -0.161. The summed E-state index contributed by atoms with van der Waals surface area (Å²) in [5, 5.41) is 7.48. The van der Waals surface area contributed by atoms with Crippen molar-refractivity contribution in [1.82, 2.24) is 20.0 Å². The fourth-order valence-corrected chi connectivity index (χ4v) is 5.22. The van der Waals surface area contributed by atoms with Gasteiger partial charge in [-0.25, -0.2) is 0 Å². The maximum Gasteiger partial charge on any atom is 0.272 e. The number of benzene rings is 1. The second kappa shape index (κ2) is 4.64. The number of carbonyl (C=O) groups excluding carboxylic acids is 1. The van der Waals surface area contributed by atoms with Gasteiger partial charge < -0.3 is 9.64 Å². The Bertz CT molecular complexity index is 887. The molecule has 1 amide bonds. The molecule has 0 bridgehead atoms. The summed E-state index contributed by atoms with van der Waals surface area (Å²) in [6, 6.07) is 8.25. The Morgan fingerprint density at radius 1 is 1.24 bits per heavy atom. The highest BCUT2D eigenvalue weighted by molar-refractivity contribution is 5.96. The molecule has 1 unspecified atom stereocenters. The fourth-order valence-electron chi connectivity index (χ4n) is 5.22. The average molecular weight is 336 g/mol. The van der Waals surface area contributed by atoms with Crippen LogP contribution in [0.2, 0.25) is 0 Å². The highest BCUT2D eigenvalue weighted by Gasteiger charge is 2.61. The summed E-state index contributed by atoms with van der Waals surface area (Å²) in [5.74, 6) is 0.925. The van der Waals surface area contributed by atoms with Gasteiger partial charge in [0.1, 0.15) is 23.7 Å². The van der Waals surface area contributed by atoms with Gasteiger partial charge in [-0.15, -0.1) is 0 Å². The Labute approximate surface area is 145 Å². The third kappa shape index (κ3) is 1.63. The quantitative estimate of drug-likeness (QED) is 0.866. The fraction of sp³-hybridized carbons (Fsp3) is 0.474. The molecule has 1 saturated carbocycles. The zero-order valence-electron chi connectivity index (χ0n) is 14.0. The molecule has 3 fully saturated rings. The molecule has 0 radical (unpaired) electrons. The number of carbonyl (C=O) groups is 1. The summed E-state index contributed by atoms with van der Waals surface area (Å²) in [6.45, 7) is 3.41. The number of para-hydroxylation sites is 1. The molecule has 3 aliphatic heterocycles. The number of aromatic amines is 1. The molecule has 2 aromatic rings. The number of H-pyrrole nitrogens is 1. The molecule has 1 aliphatic carbocycles. The van der Waals surface area contributed by atoms with Crippen LogP contribution in [0.3, 0.4) is 0 Å². The van der Waals surface area contributed by atoms with E-state index in [-0.39, 0.29) is 11.4 Å². The van der Waals surface area contributed by atoms with Gasteiger partial charge in [0.05, 0.1) is 6.04 Å². The number of hydrogen-bond donors (Lipinski definition) is 1. The van der Waals surface area contributed by atoms with Crippen LogP contribution < -0.4 is 4.74 Å². The molecule has 1 aromatic carbocycles. The van der Waals surface area contributed by atoms with Crippen molar-refractivity contribution in [3.8, 4) is 17.0 Å². The molecule has 2 saturated heterocycles. The van der Waals surface area contributed by atoms with Crippen LogP contribution in [0.1, 0.15) is 35.3 Å². The first kappa shape index (κ1) is 13.9. The maximum atomic E-state index is 13.3. The van der Waals surface area contributed by atoms with Gasteiger partial charge in [-0.1, -0.05) is 12.1 Å². The number of rotatable bonds is 1. The van der Waals surface area contributed by atoms with Crippen LogP contribution >= 0.6 is 0 Å². The van der Waals surface area contributed by atoms with E-state index in [0.717, 1.165) is 42.1 Å². The van der Waals surface area contributed by atoms with Gasteiger partial charge in [-0.3, -0.25) is 14.8 Å². The van der Waals surface area contributed by atoms with E-state index >= 15 is 0 Å². The summed E-state index contributed by atoms with van der Waals surface area (Å²) in [4.78, 5) is 18.0. The summed E-state index contributed by atoms with van der Waals surface area (Å²) in [5.41, 5.74) is 3.61. The number of nitrogens with one attached hydrogen (secondary N) is 1. The molecule has 1 spiro atoms. The number of ether oxygens (including phenoxy) is 1. The minimum Gasteiger partial charge on any atom is -0.488 e. The summed E-state index contributed by atoms with van der Waals surface area (Å²) in [6.07, 6.45) is 3.59. The van der Waals surface area contributed by atoms with Gasteiger partial charge >= 0.3 is 0 Å². The molecule has 1 N–H and O–H groups in total. The molecular formula is C19H20N4O2. The Balaban J connectivity index is 1.36. The van der Waals surface area contributed by atoms with Crippen molar-refractivity contribution in [3.63, 3.8) is 0 Å². The lowest BCUT2D eigenvalue weighted by Gasteiger charge is -2.68. The maximum absolute atomic E-state index is 13.3. The van der Waals surface area contributed by atoms with Crippen molar-refractivity contribution in [2.24, 2.45) is 0 Å². The van der Waals surface area contributed by atoms with Crippen LogP contribution in [-0.4, -0.2) is 57.1 Å². The molecule has 6 heteroatoms. The van der Waals surface area contributed by atoms with Crippen molar-refractivity contribution in [1.29, 1.82) is 0 Å². The van der Waals surface area contributed by atoms with E-state index in [2.05, 4.69) is 20.0 Å². The van der Waals surface area contributed by atoms with E-state index in [1.54, 1.807) is 0 Å². The highest BCUT2D eigenvalue weighted by atomic mass is 16.5. The number of amides is 1. The van der Waals surface area contributed by atoms with Crippen LogP contribution in [0, 0.1) is 0 Å². The lowest BCUT2D eigenvalue weighted by Crippen LogP contribution is -2.79. The van der Waals surface area contributed by atoms with Gasteiger partial charge in [0, 0.05) is 36.3 Å². The molecular weight excluding hydrogens is 316 g/mol. The van der Waals surface area contributed by atoms with Crippen LogP contribution in [0.25, 0.3) is 11.3 Å². The van der Waals surface area contributed by atoms with E-state index in [1.165, 1.54) is 19.4 Å². The highest BCUT2D eigenvalue weighted by Crippen LogP contribution is 2.52. The minimum absolute atomic E-state index is 0.0901. The predicted octanol–water partition coefficient (Wildman–Crippen LogP) is 2.03. The van der Waals surface area contributed by atoms with E-state index in [9.17, 15) is 4.79 Å². The van der Waals surface area contributed by atoms with Crippen molar-refractivity contribution in [2.45, 2.75) is 37.5 Å². The molecule has 2 atom stereocenters. The molecule has 4 aliphatic rings. The monoisotopic (exact) mass is 336 g/mol. The molecule has 4 heterocycles. The molecule has 6 nitrogen and oxygen atoms in total. The summed E-state index contributed by atoms with van der Waals surface area (Å²) < 4.78 is 5.86. The Kier molecular flexibility index (Phi) is 2.58. The van der Waals surface area contributed by atoms with Gasteiger partial charge in [-0.05, 0) is 31.4 Å². The van der Waals surface area contributed by atoms with Crippen molar-refractivity contribution in [3.05, 3.63) is 35.5 Å². The minimum atomic E-state index is 0.0901. The normalized spacial score (nSPS) is 29.3. The first-order valence-corrected chi connectivity index (χ1v) is 9.13. The Morgan fingerprint density at radius 3 is 2.96 bits per heavy atom. The zero-order chi connectivity index (χ0) is 16.6. The molecule has 6 rings (SSSR count). The number of aromatic nitrogens is 2. The first-order valence-electron chi connectivity index (χ1n) is 9.13. The zero-order valence-corrected chi connectivity index (χ0v) is 14.0. The lowest BCUT2D eigenvalue weighted by atomic mass is 9.61. The smallest absolute Gasteiger partial charge is 0.272 e. The number of hydrogen-bond acceptors (Lipinski definition) is 4. The van der Waals surface area contributed by atoms with E-state index < -0.39 is 0 Å². The first-order chi connectivity index (χ1) is 12.3. The third-order valence-electron chi connectivity index (χ3n) is 6.76. The van der Waals surface area contributed by atoms with Gasteiger partial charge in [0.15, 0.2) is 0 Å².